The van der Waals surface area contributed by atoms with Gasteiger partial charge in [0.15, 0.2) is 0 Å². The Kier molecular flexibility index (Phi) is 7.07. The maximum atomic E-state index is 13.0. The number of hydrogen-bond donors (Lipinski definition) is 1. The first-order valence-electron chi connectivity index (χ1n) is 11.2. The zero-order valence-corrected chi connectivity index (χ0v) is 19.8. The van der Waals surface area contributed by atoms with Crippen molar-refractivity contribution in [2.75, 3.05) is 5.32 Å². The monoisotopic (exact) mass is 477 g/mol. The second-order valence-electron chi connectivity index (χ2n) is 8.34. The number of carbonyl (C=O) groups is 1. The van der Waals surface area contributed by atoms with Gasteiger partial charge in [0.25, 0.3) is 11.6 Å². The molecule has 36 heavy (non-hydrogen) atoms. The van der Waals surface area contributed by atoms with Gasteiger partial charge in [0.2, 0.25) is 0 Å². The van der Waals surface area contributed by atoms with Crippen LogP contribution in [-0.2, 0) is 11.4 Å². The molecule has 0 spiro atoms. The molecule has 0 saturated heterocycles. The number of nitriles is 1. The molecular weight excluding hydrogens is 454 g/mol. The fraction of sp³-hybridized carbons (Fsp3) is 0.103. The number of aryl methyl sites for hydroxylation is 2. The lowest BCUT2D eigenvalue weighted by Gasteiger charge is -2.13. The zero-order valence-electron chi connectivity index (χ0n) is 19.8. The highest BCUT2D eigenvalue weighted by Crippen LogP contribution is 2.31. The Morgan fingerprint density at radius 3 is 2.58 bits per heavy atom. The molecule has 0 aromatic heterocycles. The van der Waals surface area contributed by atoms with Crippen molar-refractivity contribution < 1.29 is 14.5 Å². The van der Waals surface area contributed by atoms with Crippen LogP contribution in [0.5, 0.6) is 5.75 Å². The van der Waals surface area contributed by atoms with Crippen LogP contribution in [0.2, 0.25) is 0 Å². The Morgan fingerprint density at radius 1 is 1.03 bits per heavy atom. The average Bonchev–Trinajstić information content (AvgIpc) is 2.88. The summed E-state index contributed by atoms with van der Waals surface area (Å²) < 4.78 is 6.03. The predicted octanol–water partition coefficient (Wildman–Crippen LogP) is 6.49. The highest BCUT2D eigenvalue weighted by Gasteiger charge is 2.15. The van der Waals surface area contributed by atoms with Crippen LogP contribution >= 0.6 is 0 Å². The number of benzene rings is 4. The van der Waals surface area contributed by atoms with E-state index in [9.17, 15) is 20.2 Å². The number of hydrogen-bond acceptors (Lipinski definition) is 5. The van der Waals surface area contributed by atoms with Crippen LogP contribution in [0.1, 0.15) is 22.3 Å². The molecule has 1 N–H and O–H groups in total. The molecule has 4 aromatic rings. The number of nitrogens with zero attached hydrogens (tertiary/aromatic N) is 2. The van der Waals surface area contributed by atoms with Gasteiger partial charge in [-0.15, -0.1) is 0 Å². The molecule has 0 saturated carbocycles. The average molecular weight is 478 g/mol. The van der Waals surface area contributed by atoms with Gasteiger partial charge in [0.05, 0.1) is 4.92 Å². The van der Waals surface area contributed by atoms with E-state index in [0.29, 0.717) is 22.6 Å². The van der Waals surface area contributed by atoms with Crippen molar-refractivity contribution in [2.45, 2.75) is 20.5 Å². The van der Waals surface area contributed by atoms with Crippen molar-refractivity contribution in [3.05, 3.63) is 117 Å². The lowest BCUT2D eigenvalue weighted by atomic mass is 10.0. The molecule has 178 valence electrons. The van der Waals surface area contributed by atoms with Crippen LogP contribution in [-0.4, -0.2) is 10.8 Å². The Labute approximate surface area is 208 Å². The minimum absolute atomic E-state index is 0.0236. The SMILES string of the molecule is Cc1ccc(NC(=O)/C(C#N)=C/c2c(OCc3cccc([N+](=O)[O-])c3)ccc3ccccc23)cc1C. The summed E-state index contributed by atoms with van der Waals surface area (Å²) in [5.74, 6) is -0.0785. The summed E-state index contributed by atoms with van der Waals surface area (Å²) in [5, 5.41) is 25.4. The Bertz CT molecular complexity index is 1550. The van der Waals surface area contributed by atoms with Gasteiger partial charge in [0, 0.05) is 23.4 Å². The third-order valence-electron chi connectivity index (χ3n) is 5.86. The standard InChI is InChI=1S/C29H23N3O4/c1-19-10-12-24(14-20(19)2)31-29(33)23(17-30)16-27-26-9-4-3-7-22(26)11-13-28(27)36-18-21-6-5-8-25(15-21)32(34)35/h3-16H,18H2,1-2H3,(H,31,33)/b23-16+. The van der Waals surface area contributed by atoms with Gasteiger partial charge in [-0.05, 0) is 65.6 Å². The maximum Gasteiger partial charge on any atom is 0.269 e. The summed E-state index contributed by atoms with van der Waals surface area (Å²) in [5.41, 5.74) is 3.83. The highest BCUT2D eigenvalue weighted by atomic mass is 16.6. The molecule has 0 fully saturated rings. The Morgan fingerprint density at radius 2 is 1.83 bits per heavy atom. The quantitative estimate of drug-likeness (QED) is 0.142. The van der Waals surface area contributed by atoms with Crippen LogP contribution in [0.15, 0.2) is 84.4 Å². The summed E-state index contributed by atoms with van der Waals surface area (Å²) in [6.07, 6.45) is 1.52. The number of nitro groups is 1. The molecule has 1 amide bonds. The summed E-state index contributed by atoms with van der Waals surface area (Å²) in [7, 11) is 0. The van der Waals surface area contributed by atoms with E-state index in [1.54, 1.807) is 24.3 Å². The Balaban J connectivity index is 1.69. The Hall–Kier alpha value is -4.96. The maximum absolute atomic E-state index is 13.0. The molecule has 7 heteroatoms. The number of rotatable bonds is 7. The van der Waals surface area contributed by atoms with Crippen LogP contribution in [0, 0.1) is 35.3 Å². The summed E-state index contributed by atoms with van der Waals surface area (Å²) in [6.45, 7) is 4.02. The normalized spacial score (nSPS) is 11.1. The molecule has 0 atom stereocenters. The lowest BCUT2D eigenvalue weighted by molar-refractivity contribution is -0.384. The minimum Gasteiger partial charge on any atom is -0.488 e. The van der Waals surface area contributed by atoms with E-state index in [4.69, 9.17) is 4.74 Å². The van der Waals surface area contributed by atoms with Crippen LogP contribution < -0.4 is 10.1 Å². The van der Waals surface area contributed by atoms with Gasteiger partial charge >= 0.3 is 0 Å². The fourth-order valence-corrected chi connectivity index (χ4v) is 3.78. The predicted molar refractivity (Wildman–Crippen MR) is 140 cm³/mol. The zero-order chi connectivity index (χ0) is 25.7. The minimum atomic E-state index is -0.529. The first-order valence-corrected chi connectivity index (χ1v) is 11.2. The fourth-order valence-electron chi connectivity index (χ4n) is 3.78. The molecule has 0 aliphatic heterocycles. The van der Waals surface area contributed by atoms with Crippen LogP contribution in [0.25, 0.3) is 16.8 Å². The van der Waals surface area contributed by atoms with E-state index < -0.39 is 10.8 Å². The third-order valence-corrected chi connectivity index (χ3v) is 5.86. The molecular formula is C29H23N3O4. The number of ether oxygens (including phenoxy) is 1. The van der Waals surface area contributed by atoms with Crippen molar-refractivity contribution in [1.82, 2.24) is 0 Å². The van der Waals surface area contributed by atoms with Gasteiger partial charge in [-0.25, -0.2) is 0 Å². The first kappa shape index (κ1) is 24.2. The summed E-state index contributed by atoms with van der Waals surface area (Å²) in [4.78, 5) is 23.6. The molecule has 0 unspecified atom stereocenters. The molecule has 4 aromatic carbocycles. The summed E-state index contributed by atoms with van der Waals surface area (Å²) >= 11 is 0. The number of non-ortho nitro benzene ring substituents is 1. The second kappa shape index (κ2) is 10.5. The van der Waals surface area contributed by atoms with Gasteiger partial charge in [-0.3, -0.25) is 14.9 Å². The molecule has 0 aliphatic rings. The van der Waals surface area contributed by atoms with E-state index in [1.807, 2.05) is 62.4 Å². The largest absolute Gasteiger partial charge is 0.488 e. The first-order chi connectivity index (χ1) is 17.4. The number of amides is 1. The van der Waals surface area contributed by atoms with E-state index in [1.165, 1.54) is 18.2 Å². The number of nitrogens with one attached hydrogen (secondary N) is 1. The van der Waals surface area contributed by atoms with E-state index in [-0.39, 0.29) is 17.9 Å². The smallest absolute Gasteiger partial charge is 0.269 e. The van der Waals surface area contributed by atoms with E-state index in [2.05, 4.69) is 5.32 Å². The van der Waals surface area contributed by atoms with E-state index in [0.717, 1.165) is 21.9 Å². The molecule has 4 rings (SSSR count). The number of anilines is 1. The molecule has 0 bridgehead atoms. The van der Waals surface area contributed by atoms with Crippen molar-refractivity contribution in [3.63, 3.8) is 0 Å². The van der Waals surface area contributed by atoms with Gasteiger partial charge < -0.3 is 10.1 Å². The molecule has 0 aliphatic carbocycles. The molecule has 0 heterocycles. The summed E-state index contributed by atoms with van der Waals surface area (Å²) in [6, 6.07) is 25.0. The third kappa shape index (κ3) is 5.40. The van der Waals surface area contributed by atoms with Crippen molar-refractivity contribution >= 4 is 34.1 Å². The van der Waals surface area contributed by atoms with Crippen LogP contribution in [0.4, 0.5) is 11.4 Å². The van der Waals surface area contributed by atoms with Crippen LogP contribution in [0.3, 0.4) is 0 Å². The highest BCUT2D eigenvalue weighted by molar-refractivity contribution is 6.11. The van der Waals surface area contributed by atoms with Gasteiger partial charge in [0.1, 0.15) is 24.0 Å². The number of fused-ring (bicyclic) bond motifs is 1. The van der Waals surface area contributed by atoms with Gasteiger partial charge in [-0.2, -0.15) is 5.26 Å². The van der Waals surface area contributed by atoms with Gasteiger partial charge in [-0.1, -0.05) is 48.5 Å². The molecule has 7 nitrogen and oxygen atoms in total. The second-order valence-corrected chi connectivity index (χ2v) is 8.34. The van der Waals surface area contributed by atoms with Crippen molar-refractivity contribution in [1.29, 1.82) is 5.26 Å². The van der Waals surface area contributed by atoms with Crippen molar-refractivity contribution in [2.24, 2.45) is 0 Å². The van der Waals surface area contributed by atoms with E-state index >= 15 is 0 Å². The molecule has 0 radical (unpaired) electrons. The van der Waals surface area contributed by atoms with Crippen molar-refractivity contribution in [3.8, 4) is 11.8 Å². The number of carbonyl (C=O) groups excluding carboxylic acids is 1. The lowest BCUT2D eigenvalue weighted by Crippen LogP contribution is -2.13. The number of nitro benzene ring substituents is 1. The topological polar surface area (TPSA) is 105 Å².